The van der Waals surface area contributed by atoms with Gasteiger partial charge >= 0.3 is 0 Å². The van der Waals surface area contributed by atoms with Crippen LogP contribution in [0.3, 0.4) is 0 Å². The number of nitro groups is 1. The molecule has 0 radical (unpaired) electrons. The van der Waals surface area contributed by atoms with E-state index >= 15 is 0 Å². The van der Waals surface area contributed by atoms with Crippen LogP contribution in [-0.4, -0.2) is 4.92 Å². The van der Waals surface area contributed by atoms with Crippen molar-refractivity contribution in [1.82, 2.24) is 0 Å². The third kappa shape index (κ3) is 2.58. The number of benzene rings is 2. The van der Waals surface area contributed by atoms with Gasteiger partial charge in [-0.1, -0.05) is 46.9 Å². The molecular weight excluding hydrogens is 296 g/mol. The summed E-state index contributed by atoms with van der Waals surface area (Å²) in [5.74, 6) is 0. The zero-order valence-corrected chi connectivity index (χ0v) is 11.1. The zero-order chi connectivity index (χ0) is 13.3. The Kier molecular flexibility index (Phi) is 3.76. The van der Waals surface area contributed by atoms with Gasteiger partial charge in [-0.15, -0.1) is 0 Å². The van der Waals surface area contributed by atoms with Crippen LogP contribution in [0.5, 0.6) is 0 Å². The molecule has 2 aromatic carbocycles. The first-order chi connectivity index (χ1) is 8.49. The summed E-state index contributed by atoms with van der Waals surface area (Å²) in [5.41, 5.74) is 1.07. The van der Waals surface area contributed by atoms with Crippen molar-refractivity contribution in [3.63, 3.8) is 0 Å². The topological polar surface area (TPSA) is 43.1 Å². The van der Waals surface area contributed by atoms with Gasteiger partial charge in [0.2, 0.25) is 0 Å². The molecule has 0 aliphatic rings. The summed E-state index contributed by atoms with van der Waals surface area (Å²) in [6, 6.07) is 9.38. The molecule has 3 nitrogen and oxygen atoms in total. The van der Waals surface area contributed by atoms with E-state index in [0.29, 0.717) is 21.2 Å². The molecule has 0 saturated heterocycles. The highest BCUT2D eigenvalue weighted by Gasteiger charge is 2.13. The Hall–Kier alpha value is -1.29. The van der Waals surface area contributed by atoms with Crippen LogP contribution in [0, 0.1) is 10.1 Å². The average molecular weight is 303 g/mol. The third-order valence-corrected chi connectivity index (χ3v) is 3.39. The Balaban J connectivity index is 2.64. The molecule has 6 heteroatoms. The summed E-state index contributed by atoms with van der Waals surface area (Å²) in [6.45, 7) is 0. The Bertz CT molecular complexity index is 629. The van der Waals surface area contributed by atoms with Crippen molar-refractivity contribution in [3.8, 4) is 11.1 Å². The number of hydrogen-bond donors (Lipinski definition) is 0. The van der Waals surface area contributed by atoms with E-state index in [-0.39, 0.29) is 10.7 Å². The SMILES string of the molecule is O=[N+]([O-])c1cc(Cl)cc(-c2cccc(Cl)c2Cl)c1. The second-order valence-corrected chi connectivity index (χ2v) is 4.78. The fraction of sp³-hybridized carbons (Fsp3) is 0. The first kappa shape index (κ1) is 13.1. The van der Waals surface area contributed by atoms with Crippen LogP contribution in [-0.2, 0) is 0 Å². The van der Waals surface area contributed by atoms with Crippen LogP contribution in [0.4, 0.5) is 5.69 Å². The van der Waals surface area contributed by atoms with Crippen LogP contribution < -0.4 is 0 Å². The Labute approximate surface area is 118 Å². The van der Waals surface area contributed by atoms with Crippen LogP contribution >= 0.6 is 34.8 Å². The van der Waals surface area contributed by atoms with Crippen molar-refractivity contribution in [2.45, 2.75) is 0 Å². The van der Waals surface area contributed by atoms with Crippen molar-refractivity contribution in [3.05, 3.63) is 61.6 Å². The predicted octanol–water partition coefficient (Wildman–Crippen LogP) is 5.22. The molecule has 0 aliphatic carbocycles. The van der Waals surface area contributed by atoms with Gasteiger partial charge in [-0.25, -0.2) is 0 Å². The molecule has 0 amide bonds. The fourth-order valence-electron chi connectivity index (χ4n) is 1.56. The summed E-state index contributed by atoms with van der Waals surface area (Å²) in [5, 5.41) is 11.8. The lowest BCUT2D eigenvalue weighted by atomic mass is 10.1. The molecule has 0 spiro atoms. The van der Waals surface area contributed by atoms with Gasteiger partial charge in [0, 0.05) is 22.7 Å². The monoisotopic (exact) mass is 301 g/mol. The van der Waals surface area contributed by atoms with E-state index in [1.165, 1.54) is 12.1 Å². The Morgan fingerprint density at radius 1 is 1.06 bits per heavy atom. The maximum Gasteiger partial charge on any atom is 0.271 e. The van der Waals surface area contributed by atoms with E-state index in [2.05, 4.69) is 0 Å². The summed E-state index contributed by atoms with van der Waals surface area (Å²) in [6.07, 6.45) is 0. The van der Waals surface area contributed by atoms with Crippen LogP contribution in [0.25, 0.3) is 11.1 Å². The molecule has 0 atom stereocenters. The number of nitrogens with zero attached hydrogens (tertiary/aromatic N) is 1. The van der Waals surface area contributed by atoms with Gasteiger partial charge in [-0.2, -0.15) is 0 Å². The zero-order valence-electron chi connectivity index (χ0n) is 8.86. The minimum Gasteiger partial charge on any atom is -0.258 e. The second kappa shape index (κ2) is 5.14. The van der Waals surface area contributed by atoms with Crippen molar-refractivity contribution in [2.75, 3.05) is 0 Å². The van der Waals surface area contributed by atoms with Gasteiger partial charge in [-0.05, 0) is 17.7 Å². The van der Waals surface area contributed by atoms with Crippen molar-refractivity contribution in [2.24, 2.45) is 0 Å². The van der Waals surface area contributed by atoms with Crippen LogP contribution in [0.1, 0.15) is 0 Å². The van der Waals surface area contributed by atoms with E-state index < -0.39 is 4.92 Å². The third-order valence-electron chi connectivity index (χ3n) is 2.36. The number of hydrogen-bond acceptors (Lipinski definition) is 2. The molecule has 2 rings (SSSR count). The number of non-ortho nitro benzene ring substituents is 1. The molecule has 0 bridgehead atoms. The standard InChI is InChI=1S/C12H6Cl3NO2/c13-8-4-7(5-9(6-8)16(17)18)10-2-1-3-11(14)12(10)15/h1-6H. The largest absolute Gasteiger partial charge is 0.271 e. The average Bonchev–Trinajstić information content (AvgIpc) is 2.31. The van der Waals surface area contributed by atoms with E-state index in [4.69, 9.17) is 34.8 Å². The molecular formula is C12H6Cl3NO2. The fourth-order valence-corrected chi connectivity index (χ4v) is 2.20. The first-order valence-electron chi connectivity index (χ1n) is 4.88. The number of halogens is 3. The molecule has 0 aromatic heterocycles. The summed E-state index contributed by atoms with van der Waals surface area (Å²) >= 11 is 17.8. The number of rotatable bonds is 2. The lowest BCUT2D eigenvalue weighted by molar-refractivity contribution is -0.384. The molecule has 0 fully saturated rings. The molecule has 92 valence electrons. The minimum absolute atomic E-state index is 0.0893. The lowest BCUT2D eigenvalue weighted by Crippen LogP contribution is -1.89. The van der Waals surface area contributed by atoms with Crippen molar-refractivity contribution < 1.29 is 4.92 Å². The number of nitro benzene ring substituents is 1. The molecule has 0 heterocycles. The highest BCUT2D eigenvalue weighted by molar-refractivity contribution is 6.43. The maximum atomic E-state index is 10.8. The molecule has 0 saturated carbocycles. The Morgan fingerprint density at radius 2 is 1.78 bits per heavy atom. The first-order valence-corrected chi connectivity index (χ1v) is 6.02. The van der Waals surface area contributed by atoms with Crippen LogP contribution in [0.2, 0.25) is 15.1 Å². The van der Waals surface area contributed by atoms with Crippen molar-refractivity contribution in [1.29, 1.82) is 0 Å². The van der Waals surface area contributed by atoms with Gasteiger partial charge in [-0.3, -0.25) is 10.1 Å². The van der Waals surface area contributed by atoms with Gasteiger partial charge in [0.25, 0.3) is 5.69 Å². The Morgan fingerprint density at radius 3 is 2.44 bits per heavy atom. The maximum absolute atomic E-state index is 10.8. The summed E-state index contributed by atoms with van der Waals surface area (Å²) in [4.78, 5) is 10.3. The van der Waals surface area contributed by atoms with Gasteiger partial charge in [0.15, 0.2) is 0 Å². The summed E-state index contributed by atoms with van der Waals surface area (Å²) < 4.78 is 0. The van der Waals surface area contributed by atoms with Crippen molar-refractivity contribution >= 4 is 40.5 Å². The second-order valence-electron chi connectivity index (χ2n) is 3.56. The molecule has 2 aromatic rings. The molecule has 0 unspecified atom stereocenters. The normalized spacial score (nSPS) is 10.4. The van der Waals surface area contributed by atoms with E-state index in [1.54, 1.807) is 24.3 Å². The predicted molar refractivity (Wildman–Crippen MR) is 73.6 cm³/mol. The van der Waals surface area contributed by atoms with Gasteiger partial charge in [0.1, 0.15) is 0 Å². The van der Waals surface area contributed by atoms with E-state index in [9.17, 15) is 10.1 Å². The van der Waals surface area contributed by atoms with Gasteiger partial charge < -0.3 is 0 Å². The highest BCUT2D eigenvalue weighted by Crippen LogP contribution is 2.36. The van der Waals surface area contributed by atoms with E-state index in [0.717, 1.165) is 0 Å². The van der Waals surface area contributed by atoms with E-state index in [1.807, 2.05) is 0 Å². The summed E-state index contributed by atoms with van der Waals surface area (Å²) in [7, 11) is 0. The molecule has 0 N–H and O–H groups in total. The highest BCUT2D eigenvalue weighted by atomic mass is 35.5. The molecule has 0 aliphatic heterocycles. The minimum atomic E-state index is -0.506. The quantitative estimate of drug-likeness (QED) is 0.563. The molecule has 18 heavy (non-hydrogen) atoms. The lowest BCUT2D eigenvalue weighted by Gasteiger charge is -2.06. The smallest absolute Gasteiger partial charge is 0.258 e. The van der Waals surface area contributed by atoms with Crippen LogP contribution in [0.15, 0.2) is 36.4 Å². The van der Waals surface area contributed by atoms with Gasteiger partial charge in [0.05, 0.1) is 15.0 Å².